The zero-order valence-electron chi connectivity index (χ0n) is 23.5. The van der Waals surface area contributed by atoms with E-state index < -0.39 is 5.41 Å². The van der Waals surface area contributed by atoms with Crippen LogP contribution >= 0.6 is 0 Å². The lowest BCUT2D eigenvalue weighted by atomic mass is 9.81. The van der Waals surface area contributed by atoms with Gasteiger partial charge in [0.25, 0.3) is 0 Å². The summed E-state index contributed by atoms with van der Waals surface area (Å²) in [5.74, 6) is 1.92. The van der Waals surface area contributed by atoms with Gasteiger partial charge in [0.15, 0.2) is 6.20 Å². The normalized spacial score (nSPS) is 13.0. The van der Waals surface area contributed by atoms with Crippen molar-refractivity contribution in [3.05, 3.63) is 77.5 Å². The number of hydrogen-bond acceptors (Lipinski definition) is 2. The first-order chi connectivity index (χ1) is 18.0. The van der Waals surface area contributed by atoms with Crippen LogP contribution in [-0.2, 0) is 19.9 Å². The summed E-state index contributed by atoms with van der Waals surface area (Å²) in [6.07, 6.45) is 3.83. The first-order valence-corrected chi connectivity index (χ1v) is 13.5. The van der Waals surface area contributed by atoms with Crippen LogP contribution in [0.2, 0.25) is 0 Å². The fraction of sp³-hybridized carbons (Fsp3) is 0.314. The van der Waals surface area contributed by atoms with Gasteiger partial charge in [-0.05, 0) is 77.8 Å². The standard InChI is InChI=1S/C35H35N2O/c1-21-24-10-8-9-11-25(24)28(19-34(2,3)4)33-30(21)32-31-26(14-15-37(32)7)27-16-22(18-35(5,6)20-36)12-13-23(27)17-29(31)38-33/h8-17H,18-19H2,1-7H3/q+1. The fourth-order valence-electron chi connectivity index (χ4n) is 6.20. The molecule has 0 fully saturated rings. The number of aryl methyl sites for hydroxylation is 2. The highest BCUT2D eigenvalue weighted by Crippen LogP contribution is 2.52. The number of hydrogen-bond donors (Lipinski definition) is 0. The van der Waals surface area contributed by atoms with Gasteiger partial charge >= 0.3 is 0 Å². The van der Waals surface area contributed by atoms with Crippen LogP contribution < -0.4 is 9.30 Å². The quantitative estimate of drug-likeness (QED) is 0.180. The Kier molecular flexibility index (Phi) is 5.34. The maximum absolute atomic E-state index is 9.60. The molecule has 0 radical (unpaired) electrons. The van der Waals surface area contributed by atoms with Crippen molar-refractivity contribution in [2.45, 2.75) is 54.4 Å². The van der Waals surface area contributed by atoms with Crippen LogP contribution in [0.1, 0.15) is 51.3 Å². The van der Waals surface area contributed by atoms with Crippen molar-refractivity contribution in [2.75, 3.05) is 0 Å². The van der Waals surface area contributed by atoms with Crippen LogP contribution in [0.3, 0.4) is 0 Å². The summed E-state index contributed by atoms with van der Waals surface area (Å²) in [5.41, 5.74) is 5.83. The van der Waals surface area contributed by atoms with Crippen molar-refractivity contribution in [2.24, 2.45) is 17.9 Å². The molecule has 0 saturated carbocycles. The smallest absolute Gasteiger partial charge is 0.228 e. The van der Waals surface area contributed by atoms with Gasteiger partial charge in [0.1, 0.15) is 18.5 Å². The average molecular weight is 500 g/mol. The number of pyridine rings is 1. The molecule has 2 heterocycles. The van der Waals surface area contributed by atoms with Crippen LogP contribution in [0.15, 0.2) is 60.8 Å². The predicted octanol–water partition coefficient (Wildman–Crippen LogP) is 8.73. The summed E-state index contributed by atoms with van der Waals surface area (Å²) in [5, 5.41) is 16.9. The third-order valence-corrected chi connectivity index (χ3v) is 7.90. The van der Waals surface area contributed by atoms with Crippen LogP contribution in [0.5, 0.6) is 11.5 Å². The average Bonchev–Trinajstić information content (AvgIpc) is 2.87. The second kappa shape index (κ2) is 8.30. The highest BCUT2D eigenvalue weighted by molar-refractivity contribution is 6.16. The van der Waals surface area contributed by atoms with Gasteiger partial charge in [-0.25, -0.2) is 4.57 Å². The number of rotatable bonds is 3. The molecule has 3 heteroatoms. The molecule has 1 aliphatic rings. The second-order valence-electron chi connectivity index (χ2n) is 12.9. The molecule has 6 rings (SSSR count). The molecular formula is C35H35N2O+. The molecule has 0 N–H and O–H groups in total. The predicted molar refractivity (Wildman–Crippen MR) is 157 cm³/mol. The van der Waals surface area contributed by atoms with E-state index >= 15 is 0 Å². The summed E-state index contributed by atoms with van der Waals surface area (Å²) in [6, 6.07) is 22.2. The molecule has 0 spiro atoms. The fourth-order valence-corrected chi connectivity index (χ4v) is 6.20. The second-order valence-corrected chi connectivity index (χ2v) is 12.9. The van der Waals surface area contributed by atoms with E-state index in [0.29, 0.717) is 0 Å². The summed E-state index contributed by atoms with van der Waals surface area (Å²) in [4.78, 5) is 0. The van der Waals surface area contributed by atoms with E-state index in [1.165, 1.54) is 49.5 Å². The maximum atomic E-state index is 9.60. The molecule has 0 bridgehead atoms. The Labute approximate surface area is 225 Å². The van der Waals surface area contributed by atoms with Gasteiger partial charge in [-0.1, -0.05) is 63.2 Å². The minimum absolute atomic E-state index is 0.112. The zero-order chi connectivity index (χ0) is 27.0. The number of aromatic nitrogens is 1. The number of nitriles is 1. The lowest BCUT2D eigenvalue weighted by Crippen LogP contribution is -2.32. The third kappa shape index (κ3) is 3.82. The Morgan fingerprint density at radius 3 is 2.32 bits per heavy atom. The van der Waals surface area contributed by atoms with E-state index in [-0.39, 0.29) is 5.41 Å². The first kappa shape index (κ1) is 24.4. The van der Waals surface area contributed by atoms with E-state index in [2.05, 4.69) is 106 Å². The Hall–Kier alpha value is -3.90. The SMILES string of the molecule is Cc1c2c(c(CC(C)(C)C)c3ccccc13)Oc1cc3ccc(CC(C)(C)C#N)cc3c3cc[n+](C)c-2c13. The molecule has 1 aliphatic heterocycles. The van der Waals surface area contributed by atoms with Crippen LogP contribution in [0.4, 0.5) is 0 Å². The molecular weight excluding hydrogens is 464 g/mol. The van der Waals surface area contributed by atoms with Crippen LogP contribution in [-0.4, -0.2) is 0 Å². The summed E-state index contributed by atoms with van der Waals surface area (Å²) < 4.78 is 9.20. The Balaban J connectivity index is 1.70. The largest absolute Gasteiger partial charge is 0.455 e. The monoisotopic (exact) mass is 499 g/mol. The zero-order valence-corrected chi connectivity index (χ0v) is 23.5. The molecule has 190 valence electrons. The van der Waals surface area contributed by atoms with Crippen molar-refractivity contribution < 1.29 is 9.30 Å². The number of nitrogens with zero attached hydrogens (tertiary/aromatic N) is 2. The van der Waals surface area contributed by atoms with Crippen LogP contribution in [0.25, 0.3) is 43.6 Å². The number of benzene rings is 4. The van der Waals surface area contributed by atoms with Crippen molar-refractivity contribution in [3.8, 4) is 28.8 Å². The van der Waals surface area contributed by atoms with E-state index in [0.717, 1.165) is 35.1 Å². The van der Waals surface area contributed by atoms with E-state index in [1.807, 2.05) is 13.8 Å². The lowest BCUT2D eigenvalue weighted by Gasteiger charge is -2.28. The van der Waals surface area contributed by atoms with Gasteiger partial charge in [-0.2, -0.15) is 5.26 Å². The topological polar surface area (TPSA) is 36.9 Å². The minimum atomic E-state index is -0.407. The first-order valence-electron chi connectivity index (χ1n) is 13.5. The summed E-state index contributed by atoms with van der Waals surface area (Å²) in [6.45, 7) is 13.1. The minimum Gasteiger partial charge on any atom is -0.455 e. The number of fused-ring (bicyclic) bond motifs is 5. The molecule has 0 saturated heterocycles. The van der Waals surface area contributed by atoms with E-state index in [9.17, 15) is 5.26 Å². The molecule has 5 aromatic rings. The van der Waals surface area contributed by atoms with E-state index in [1.54, 1.807) is 0 Å². The van der Waals surface area contributed by atoms with Crippen molar-refractivity contribution >= 4 is 32.3 Å². The third-order valence-electron chi connectivity index (χ3n) is 7.90. The van der Waals surface area contributed by atoms with Crippen LogP contribution in [0, 0.1) is 29.1 Å². The summed E-state index contributed by atoms with van der Waals surface area (Å²) in [7, 11) is 2.14. The molecule has 0 amide bonds. The van der Waals surface area contributed by atoms with Gasteiger partial charge in [-0.15, -0.1) is 0 Å². The Morgan fingerprint density at radius 2 is 1.61 bits per heavy atom. The van der Waals surface area contributed by atoms with Gasteiger partial charge in [0.05, 0.1) is 22.4 Å². The Bertz CT molecular complexity index is 1830. The van der Waals surface area contributed by atoms with Gasteiger partial charge in [0.2, 0.25) is 5.69 Å². The van der Waals surface area contributed by atoms with E-state index in [4.69, 9.17) is 4.74 Å². The molecule has 0 unspecified atom stereocenters. The van der Waals surface area contributed by atoms with Crippen molar-refractivity contribution in [3.63, 3.8) is 0 Å². The molecule has 1 aromatic heterocycles. The Morgan fingerprint density at radius 1 is 0.868 bits per heavy atom. The molecule has 38 heavy (non-hydrogen) atoms. The number of ether oxygens (including phenoxy) is 1. The van der Waals surface area contributed by atoms with Gasteiger partial charge < -0.3 is 4.74 Å². The highest BCUT2D eigenvalue weighted by atomic mass is 16.5. The molecule has 4 aromatic carbocycles. The maximum Gasteiger partial charge on any atom is 0.228 e. The van der Waals surface area contributed by atoms with Crippen molar-refractivity contribution in [1.82, 2.24) is 0 Å². The van der Waals surface area contributed by atoms with Crippen molar-refractivity contribution in [1.29, 1.82) is 5.26 Å². The molecule has 3 nitrogen and oxygen atoms in total. The summed E-state index contributed by atoms with van der Waals surface area (Å²) >= 11 is 0. The van der Waals surface area contributed by atoms with Gasteiger partial charge in [-0.3, -0.25) is 0 Å². The lowest BCUT2D eigenvalue weighted by molar-refractivity contribution is -0.659. The molecule has 0 aliphatic carbocycles. The van der Waals surface area contributed by atoms with Gasteiger partial charge in [0, 0.05) is 17.0 Å². The molecule has 0 atom stereocenters. The highest BCUT2D eigenvalue weighted by Gasteiger charge is 2.34.